The summed E-state index contributed by atoms with van der Waals surface area (Å²) in [5.41, 5.74) is 5.07. The number of nitrogens with zero attached hydrogens (tertiary/aromatic N) is 2. The maximum atomic E-state index is 11.3. The van der Waals surface area contributed by atoms with Crippen LogP contribution in [-0.4, -0.2) is 46.1 Å². The molecule has 5 N–H and O–H groups in total. The molecule has 1 aromatic rings. The summed E-state index contributed by atoms with van der Waals surface area (Å²) in [7, 11) is 0. The van der Waals surface area contributed by atoms with Crippen LogP contribution in [0, 0.1) is 0 Å². The molecular formula is C9H13N5O5. The van der Waals surface area contributed by atoms with E-state index in [1.54, 1.807) is 0 Å². The predicted octanol–water partition coefficient (Wildman–Crippen LogP) is -0.815. The number of amides is 3. The highest BCUT2D eigenvalue weighted by Crippen LogP contribution is 2.03. The highest BCUT2D eigenvalue weighted by Gasteiger charge is 2.05. The molecule has 1 aromatic heterocycles. The Morgan fingerprint density at radius 1 is 1.47 bits per heavy atom. The number of nitrogens with one attached hydrogen (secondary N) is 2. The van der Waals surface area contributed by atoms with Gasteiger partial charge in [-0.2, -0.15) is 5.10 Å². The number of carbonyl (C=O) groups is 3. The number of carboxylic acids is 1. The lowest BCUT2D eigenvalue weighted by atomic mass is 10.5. The largest absolute Gasteiger partial charge is 0.480 e. The highest BCUT2D eigenvalue weighted by atomic mass is 16.5. The second kappa shape index (κ2) is 6.83. The molecule has 0 saturated carbocycles. The Bertz CT molecular complexity index is 471. The van der Waals surface area contributed by atoms with Gasteiger partial charge in [0.15, 0.2) is 0 Å². The molecule has 0 unspecified atom stereocenters. The standard InChI is InChI=1S/C9H13N5O5/c10-8(17)19-2-1-11-9(18)13-6-3-12-14(4-6)5-7(15)16/h3-4H,1-2,5H2,(H2,10,17)(H,15,16)(H2,11,13,18). The Labute approximate surface area is 107 Å². The van der Waals surface area contributed by atoms with Gasteiger partial charge in [-0.05, 0) is 0 Å². The first-order valence-electron chi connectivity index (χ1n) is 5.18. The Balaban J connectivity index is 2.30. The lowest BCUT2D eigenvalue weighted by molar-refractivity contribution is -0.137. The fourth-order valence-corrected chi connectivity index (χ4v) is 1.14. The van der Waals surface area contributed by atoms with Crippen LogP contribution in [0.4, 0.5) is 15.3 Å². The monoisotopic (exact) mass is 271 g/mol. The zero-order chi connectivity index (χ0) is 14.3. The van der Waals surface area contributed by atoms with Crippen LogP contribution in [0.15, 0.2) is 12.4 Å². The normalized spacial score (nSPS) is 9.68. The minimum atomic E-state index is -1.04. The van der Waals surface area contributed by atoms with E-state index >= 15 is 0 Å². The molecule has 0 radical (unpaired) electrons. The van der Waals surface area contributed by atoms with E-state index < -0.39 is 18.1 Å². The Morgan fingerprint density at radius 3 is 2.84 bits per heavy atom. The maximum absolute atomic E-state index is 11.3. The number of anilines is 1. The van der Waals surface area contributed by atoms with Gasteiger partial charge in [0.05, 0.1) is 18.4 Å². The average Bonchev–Trinajstić information content (AvgIpc) is 2.70. The number of urea groups is 1. The van der Waals surface area contributed by atoms with Crippen LogP contribution in [0.2, 0.25) is 0 Å². The molecule has 0 aromatic carbocycles. The van der Waals surface area contributed by atoms with E-state index in [0.717, 1.165) is 4.68 Å². The number of nitrogens with two attached hydrogens (primary N) is 1. The lowest BCUT2D eigenvalue weighted by Crippen LogP contribution is -2.32. The molecule has 10 heteroatoms. The number of carbonyl (C=O) groups excluding carboxylic acids is 2. The van der Waals surface area contributed by atoms with E-state index in [1.807, 2.05) is 0 Å². The van der Waals surface area contributed by atoms with Gasteiger partial charge in [0.2, 0.25) is 0 Å². The Morgan fingerprint density at radius 2 is 2.21 bits per heavy atom. The summed E-state index contributed by atoms with van der Waals surface area (Å²) in [6.45, 7) is -0.241. The Kier molecular flexibility index (Phi) is 5.14. The molecule has 19 heavy (non-hydrogen) atoms. The number of aromatic nitrogens is 2. The van der Waals surface area contributed by atoms with Crippen LogP contribution in [0.5, 0.6) is 0 Å². The van der Waals surface area contributed by atoms with E-state index in [1.165, 1.54) is 12.4 Å². The first-order valence-corrected chi connectivity index (χ1v) is 5.18. The van der Waals surface area contributed by atoms with Crippen molar-refractivity contribution in [2.24, 2.45) is 5.73 Å². The van der Waals surface area contributed by atoms with Crippen molar-refractivity contribution >= 4 is 23.8 Å². The first kappa shape index (κ1) is 14.3. The highest BCUT2D eigenvalue weighted by molar-refractivity contribution is 5.88. The van der Waals surface area contributed by atoms with Gasteiger partial charge in [0.25, 0.3) is 0 Å². The lowest BCUT2D eigenvalue weighted by Gasteiger charge is -2.05. The van der Waals surface area contributed by atoms with Gasteiger partial charge in [0, 0.05) is 6.20 Å². The summed E-state index contributed by atoms with van der Waals surface area (Å²) in [5.74, 6) is -1.04. The minimum Gasteiger partial charge on any atom is -0.480 e. The van der Waals surface area contributed by atoms with Crippen LogP contribution >= 0.6 is 0 Å². The first-order chi connectivity index (χ1) is 8.97. The summed E-state index contributed by atoms with van der Waals surface area (Å²) < 4.78 is 5.57. The molecule has 3 amide bonds. The zero-order valence-electron chi connectivity index (χ0n) is 9.83. The zero-order valence-corrected chi connectivity index (χ0v) is 9.83. The van der Waals surface area contributed by atoms with E-state index in [2.05, 4.69) is 20.5 Å². The SMILES string of the molecule is NC(=O)OCCNC(=O)Nc1cnn(CC(=O)O)c1. The number of primary amides is 1. The smallest absolute Gasteiger partial charge is 0.404 e. The average molecular weight is 271 g/mol. The third kappa shape index (κ3) is 5.91. The molecule has 0 aliphatic heterocycles. The van der Waals surface area contributed by atoms with E-state index in [-0.39, 0.29) is 19.7 Å². The number of hydrogen-bond acceptors (Lipinski definition) is 5. The molecular weight excluding hydrogens is 258 g/mol. The van der Waals surface area contributed by atoms with Crippen LogP contribution < -0.4 is 16.4 Å². The number of aliphatic carboxylic acids is 1. The van der Waals surface area contributed by atoms with Gasteiger partial charge in [0.1, 0.15) is 13.2 Å². The van der Waals surface area contributed by atoms with Crippen molar-refractivity contribution < 1.29 is 24.2 Å². The fraction of sp³-hybridized carbons (Fsp3) is 0.333. The van der Waals surface area contributed by atoms with Crippen molar-refractivity contribution in [3.63, 3.8) is 0 Å². The van der Waals surface area contributed by atoms with Gasteiger partial charge in [-0.1, -0.05) is 0 Å². The van der Waals surface area contributed by atoms with Crippen LogP contribution in [0.25, 0.3) is 0 Å². The molecule has 10 nitrogen and oxygen atoms in total. The number of carboxylic acid groups (broad SMARTS) is 1. The van der Waals surface area contributed by atoms with Crippen molar-refractivity contribution in [2.45, 2.75) is 6.54 Å². The van der Waals surface area contributed by atoms with Crippen molar-refractivity contribution in [3.05, 3.63) is 12.4 Å². The van der Waals surface area contributed by atoms with Gasteiger partial charge in [-0.25, -0.2) is 9.59 Å². The van der Waals surface area contributed by atoms with Crippen molar-refractivity contribution in [3.8, 4) is 0 Å². The van der Waals surface area contributed by atoms with E-state index in [4.69, 9.17) is 10.8 Å². The third-order valence-electron chi connectivity index (χ3n) is 1.82. The van der Waals surface area contributed by atoms with Gasteiger partial charge in [-0.3, -0.25) is 9.48 Å². The summed E-state index contributed by atoms with van der Waals surface area (Å²) >= 11 is 0. The molecule has 104 valence electrons. The summed E-state index contributed by atoms with van der Waals surface area (Å²) in [6, 6.07) is -0.539. The predicted molar refractivity (Wildman–Crippen MR) is 62.4 cm³/mol. The topological polar surface area (TPSA) is 149 Å². The van der Waals surface area contributed by atoms with Crippen molar-refractivity contribution in [2.75, 3.05) is 18.5 Å². The molecule has 0 fully saturated rings. The second-order valence-corrected chi connectivity index (χ2v) is 3.37. The number of rotatable bonds is 6. The van der Waals surface area contributed by atoms with Crippen LogP contribution in [0.1, 0.15) is 0 Å². The molecule has 0 saturated heterocycles. The van der Waals surface area contributed by atoms with Crippen molar-refractivity contribution in [1.82, 2.24) is 15.1 Å². The summed E-state index contributed by atoms with van der Waals surface area (Å²) in [6.07, 6.45) is 1.76. The van der Waals surface area contributed by atoms with Gasteiger partial charge >= 0.3 is 18.1 Å². The van der Waals surface area contributed by atoms with Crippen LogP contribution in [0.3, 0.4) is 0 Å². The van der Waals surface area contributed by atoms with Crippen LogP contribution in [-0.2, 0) is 16.1 Å². The van der Waals surface area contributed by atoms with Gasteiger partial charge in [-0.15, -0.1) is 0 Å². The molecule has 1 rings (SSSR count). The second-order valence-electron chi connectivity index (χ2n) is 3.37. The third-order valence-corrected chi connectivity index (χ3v) is 1.82. The maximum Gasteiger partial charge on any atom is 0.404 e. The van der Waals surface area contributed by atoms with E-state index in [0.29, 0.717) is 5.69 Å². The fourth-order valence-electron chi connectivity index (χ4n) is 1.14. The Hall–Kier alpha value is -2.78. The quantitative estimate of drug-likeness (QED) is 0.497. The molecule has 0 aliphatic rings. The molecule has 0 aliphatic carbocycles. The van der Waals surface area contributed by atoms with Gasteiger partial charge < -0.3 is 26.2 Å². The molecule has 0 atom stereocenters. The molecule has 0 bridgehead atoms. The van der Waals surface area contributed by atoms with E-state index in [9.17, 15) is 14.4 Å². The molecule has 0 spiro atoms. The minimum absolute atomic E-state index is 0.0406. The molecule has 1 heterocycles. The number of ether oxygens (including phenoxy) is 1. The summed E-state index contributed by atoms with van der Waals surface area (Å²) in [4.78, 5) is 32.0. The van der Waals surface area contributed by atoms with Crippen molar-refractivity contribution in [1.29, 1.82) is 0 Å². The number of hydrogen-bond donors (Lipinski definition) is 4. The summed E-state index contributed by atoms with van der Waals surface area (Å²) in [5, 5.41) is 17.1.